The number of carbonyl (C=O) groups is 1. The second-order valence-corrected chi connectivity index (χ2v) is 5.93. The van der Waals surface area contributed by atoms with Gasteiger partial charge in [0.15, 0.2) is 5.76 Å². The number of benzene rings is 2. The summed E-state index contributed by atoms with van der Waals surface area (Å²) in [4.78, 5) is 12.5. The number of hydrogen-bond donors (Lipinski definition) is 1. The first-order chi connectivity index (χ1) is 11.1. The standard InChI is InChI=1S/C20H21NO2/c1-4-17(15-10-9-13(2)14(3)11-15)21-20(22)19-12-16-7-5-6-8-18(16)23-19/h5-12,17H,4H2,1-3H3,(H,21,22)/t17-/m1/s1. The van der Waals surface area contributed by atoms with Gasteiger partial charge in [0, 0.05) is 5.39 Å². The van der Waals surface area contributed by atoms with Gasteiger partial charge >= 0.3 is 0 Å². The normalized spacial score (nSPS) is 12.3. The van der Waals surface area contributed by atoms with Crippen LogP contribution in [0.5, 0.6) is 0 Å². The molecule has 0 unspecified atom stereocenters. The van der Waals surface area contributed by atoms with E-state index in [1.54, 1.807) is 6.07 Å². The Morgan fingerprint density at radius 1 is 1.09 bits per heavy atom. The van der Waals surface area contributed by atoms with Gasteiger partial charge in [0.05, 0.1) is 6.04 Å². The predicted molar refractivity (Wildman–Crippen MR) is 92.6 cm³/mol. The van der Waals surface area contributed by atoms with Gasteiger partial charge in [-0.05, 0) is 49.1 Å². The molecule has 0 aliphatic rings. The summed E-state index contributed by atoms with van der Waals surface area (Å²) < 4.78 is 5.64. The Balaban J connectivity index is 1.82. The first-order valence-electron chi connectivity index (χ1n) is 7.95. The first-order valence-corrected chi connectivity index (χ1v) is 7.95. The number of hydrogen-bond acceptors (Lipinski definition) is 2. The fourth-order valence-electron chi connectivity index (χ4n) is 2.73. The summed E-state index contributed by atoms with van der Waals surface area (Å²) in [6.07, 6.45) is 0.828. The molecule has 0 fully saturated rings. The van der Waals surface area contributed by atoms with E-state index < -0.39 is 0 Å². The Kier molecular flexibility index (Phi) is 4.20. The first kappa shape index (κ1) is 15.3. The highest BCUT2D eigenvalue weighted by Gasteiger charge is 2.17. The minimum absolute atomic E-state index is 0.0185. The summed E-state index contributed by atoms with van der Waals surface area (Å²) >= 11 is 0. The van der Waals surface area contributed by atoms with Crippen molar-refractivity contribution in [2.75, 3.05) is 0 Å². The minimum atomic E-state index is -0.175. The molecule has 1 heterocycles. The number of para-hydroxylation sites is 1. The highest BCUT2D eigenvalue weighted by molar-refractivity contribution is 5.96. The van der Waals surface area contributed by atoms with Crippen LogP contribution >= 0.6 is 0 Å². The molecule has 0 saturated carbocycles. The number of fused-ring (bicyclic) bond motifs is 1. The Hall–Kier alpha value is -2.55. The van der Waals surface area contributed by atoms with Crippen molar-refractivity contribution in [3.63, 3.8) is 0 Å². The van der Waals surface area contributed by atoms with Gasteiger partial charge in [-0.25, -0.2) is 0 Å². The zero-order chi connectivity index (χ0) is 16.4. The number of amides is 1. The van der Waals surface area contributed by atoms with E-state index in [-0.39, 0.29) is 11.9 Å². The molecule has 23 heavy (non-hydrogen) atoms. The number of aryl methyl sites for hydroxylation is 2. The molecule has 3 nitrogen and oxygen atoms in total. The molecule has 0 aliphatic carbocycles. The van der Waals surface area contributed by atoms with Gasteiger partial charge < -0.3 is 9.73 Å². The van der Waals surface area contributed by atoms with Crippen LogP contribution in [0.4, 0.5) is 0 Å². The third-order valence-corrected chi connectivity index (χ3v) is 4.30. The summed E-state index contributed by atoms with van der Waals surface area (Å²) in [5.74, 6) is 0.180. The van der Waals surface area contributed by atoms with Crippen molar-refractivity contribution in [2.24, 2.45) is 0 Å². The quantitative estimate of drug-likeness (QED) is 0.742. The lowest BCUT2D eigenvalue weighted by Gasteiger charge is -2.18. The van der Waals surface area contributed by atoms with E-state index in [4.69, 9.17) is 4.42 Å². The van der Waals surface area contributed by atoms with E-state index in [0.29, 0.717) is 5.76 Å². The van der Waals surface area contributed by atoms with Crippen LogP contribution < -0.4 is 5.32 Å². The predicted octanol–water partition coefficient (Wildman–Crippen LogP) is 4.93. The zero-order valence-corrected chi connectivity index (χ0v) is 13.7. The van der Waals surface area contributed by atoms with Crippen LogP contribution in [0.2, 0.25) is 0 Å². The van der Waals surface area contributed by atoms with Gasteiger partial charge in [0.2, 0.25) is 0 Å². The van der Waals surface area contributed by atoms with E-state index in [0.717, 1.165) is 23.0 Å². The van der Waals surface area contributed by atoms with Crippen LogP contribution in [0.25, 0.3) is 11.0 Å². The summed E-state index contributed by atoms with van der Waals surface area (Å²) in [6.45, 7) is 6.25. The van der Waals surface area contributed by atoms with E-state index >= 15 is 0 Å². The highest BCUT2D eigenvalue weighted by atomic mass is 16.3. The SMILES string of the molecule is CC[C@@H](NC(=O)c1cc2ccccc2o1)c1ccc(C)c(C)c1. The monoisotopic (exact) mass is 307 g/mol. The van der Waals surface area contributed by atoms with Crippen molar-refractivity contribution in [3.8, 4) is 0 Å². The summed E-state index contributed by atoms with van der Waals surface area (Å²) in [6, 6.07) is 15.7. The smallest absolute Gasteiger partial charge is 0.287 e. The molecule has 0 radical (unpaired) electrons. The molecule has 2 aromatic carbocycles. The molecule has 0 saturated heterocycles. The summed E-state index contributed by atoms with van der Waals surface area (Å²) in [7, 11) is 0. The van der Waals surface area contributed by atoms with Crippen LogP contribution in [-0.4, -0.2) is 5.91 Å². The Bertz CT molecular complexity index is 815. The molecule has 1 aromatic heterocycles. The molecule has 0 bridgehead atoms. The van der Waals surface area contributed by atoms with Crippen LogP contribution in [0.1, 0.15) is 46.6 Å². The number of nitrogens with one attached hydrogen (secondary N) is 1. The number of furan rings is 1. The van der Waals surface area contributed by atoms with Gasteiger partial charge in [0.25, 0.3) is 5.91 Å². The zero-order valence-electron chi connectivity index (χ0n) is 13.7. The minimum Gasteiger partial charge on any atom is -0.451 e. The Labute approximate surface area is 136 Å². The molecule has 1 atom stereocenters. The number of rotatable bonds is 4. The van der Waals surface area contributed by atoms with E-state index in [9.17, 15) is 4.79 Å². The van der Waals surface area contributed by atoms with Crippen molar-refractivity contribution in [2.45, 2.75) is 33.2 Å². The van der Waals surface area contributed by atoms with E-state index in [2.05, 4.69) is 44.3 Å². The Morgan fingerprint density at radius 2 is 1.87 bits per heavy atom. The highest BCUT2D eigenvalue weighted by Crippen LogP contribution is 2.22. The molecular formula is C20H21NO2. The fourth-order valence-corrected chi connectivity index (χ4v) is 2.73. The number of carbonyl (C=O) groups excluding carboxylic acids is 1. The van der Waals surface area contributed by atoms with Crippen molar-refractivity contribution in [1.82, 2.24) is 5.32 Å². The average molecular weight is 307 g/mol. The van der Waals surface area contributed by atoms with Crippen LogP contribution in [0.3, 0.4) is 0 Å². The molecule has 1 N–H and O–H groups in total. The molecule has 118 valence electrons. The van der Waals surface area contributed by atoms with Crippen LogP contribution in [0.15, 0.2) is 52.9 Å². The fraction of sp³-hybridized carbons (Fsp3) is 0.250. The molecule has 3 heteroatoms. The molecule has 0 spiro atoms. The molecular weight excluding hydrogens is 286 g/mol. The lowest BCUT2D eigenvalue weighted by atomic mass is 9.99. The Morgan fingerprint density at radius 3 is 2.57 bits per heavy atom. The van der Waals surface area contributed by atoms with Crippen molar-refractivity contribution >= 4 is 16.9 Å². The van der Waals surface area contributed by atoms with Gasteiger partial charge in [-0.15, -0.1) is 0 Å². The maximum absolute atomic E-state index is 12.5. The second-order valence-electron chi connectivity index (χ2n) is 5.93. The third kappa shape index (κ3) is 3.14. The third-order valence-electron chi connectivity index (χ3n) is 4.30. The lowest BCUT2D eigenvalue weighted by Crippen LogP contribution is -2.27. The second kappa shape index (κ2) is 6.29. The summed E-state index contributed by atoms with van der Waals surface area (Å²) in [5.41, 5.74) is 4.35. The lowest BCUT2D eigenvalue weighted by molar-refractivity contribution is 0.0909. The van der Waals surface area contributed by atoms with Gasteiger partial charge in [-0.2, -0.15) is 0 Å². The van der Waals surface area contributed by atoms with Crippen molar-refractivity contribution < 1.29 is 9.21 Å². The maximum atomic E-state index is 12.5. The maximum Gasteiger partial charge on any atom is 0.287 e. The van der Waals surface area contributed by atoms with E-state index in [1.807, 2.05) is 24.3 Å². The topological polar surface area (TPSA) is 42.2 Å². The van der Waals surface area contributed by atoms with Crippen molar-refractivity contribution in [1.29, 1.82) is 0 Å². The molecule has 0 aliphatic heterocycles. The molecule has 1 amide bonds. The van der Waals surface area contributed by atoms with Gasteiger partial charge in [-0.1, -0.05) is 43.3 Å². The summed E-state index contributed by atoms with van der Waals surface area (Å²) in [5, 5.41) is 4.02. The van der Waals surface area contributed by atoms with E-state index in [1.165, 1.54) is 11.1 Å². The molecule has 3 rings (SSSR count). The van der Waals surface area contributed by atoms with Crippen LogP contribution in [-0.2, 0) is 0 Å². The van der Waals surface area contributed by atoms with Gasteiger partial charge in [0.1, 0.15) is 5.58 Å². The van der Waals surface area contributed by atoms with Crippen LogP contribution in [0, 0.1) is 13.8 Å². The molecule has 3 aromatic rings. The van der Waals surface area contributed by atoms with Crippen molar-refractivity contribution in [3.05, 3.63) is 71.0 Å². The average Bonchev–Trinajstić information content (AvgIpc) is 2.99. The van der Waals surface area contributed by atoms with Gasteiger partial charge in [-0.3, -0.25) is 4.79 Å². The largest absolute Gasteiger partial charge is 0.451 e.